The van der Waals surface area contributed by atoms with Gasteiger partial charge in [0.15, 0.2) is 0 Å². The Morgan fingerprint density at radius 1 is 1.67 bits per heavy atom. The molecule has 1 saturated heterocycles. The number of nitrogens with zero attached hydrogens (tertiary/aromatic N) is 2. The van der Waals surface area contributed by atoms with Crippen LogP contribution in [0, 0.1) is 5.92 Å². The third kappa shape index (κ3) is 2.46. The molecule has 1 fully saturated rings. The fraction of sp³-hybridized carbons (Fsp3) is 0.538. The summed E-state index contributed by atoms with van der Waals surface area (Å²) >= 11 is 0. The van der Waals surface area contributed by atoms with Gasteiger partial charge >= 0.3 is 5.97 Å². The van der Waals surface area contributed by atoms with Crippen molar-refractivity contribution < 1.29 is 9.53 Å². The van der Waals surface area contributed by atoms with Gasteiger partial charge in [0.1, 0.15) is 5.82 Å². The van der Waals surface area contributed by atoms with Gasteiger partial charge in [0.05, 0.1) is 12.7 Å². The number of carbonyl (C=O) groups is 1. The van der Waals surface area contributed by atoms with Gasteiger partial charge in [0.25, 0.3) is 0 Å². The highest BCUT2D eigenvalue weighted by Crippen LogP contribution is 2.27. The van der Waals surface area contributed by atoms with E-state index in [-0.39, 0.29) is 5.97 Å². The number of nitrogens with two attached hydrogens (primary N) is 1. The largest absolute Gasteiger partial charge is 0.465 e. The van der Waals surface area contributed by atoms with Crippen LogP contribution in [0.15, 0.2) is 18.3 Å². The Morgan fingerprint density at radius 3 is 3.06 bits per heavy atom. The lowest BCUT2D eigenvalue weighted by Gasteiger charge is -2.22. The van der Waals surface area contributed by atoms with E-state index < -0.39 is 0 Å². The molecule has 0 radical (unpaired) electrons. The van der Waals surface area contributed by atoms with Crippen LogP contribution in [0.1, 0.15) is 23.7 Å². The summed E-state index contributed by atoms with van der Waals surface area (Å²) < 4.78 is 4.72. The van der Waals surface area contributed by atoms with Crippen molar-refractivity contribution in [2.75, 3.05) is 25.1 Å². The second-order valence-electron chi connectivity index (χ2n) is 4.73. The number of esters is 1. The molecule has 1 aromatic rings. The van der Waals surface area contributed by atoms with Gasteiger partial charge in [-0.15, -0.1) is 0 Å². The molecule has 0 amide bonds. The van der Waals surface area contributed by atoms with Crippen LogP contribution in [0.2, 0.25) is 0 Å². The number of methoxy groups -OCH3 is 1. The molecular weight excluding hydrogens is 230 g/mol. The number of anilines is 1. The lowest BCUT2D eigenvalue weighted by atomic mass is 10.1. The van der Waals surface area contributed by atoms with Gasteiger partial charge < -0.3 is 15.4 Å². The monoisotopic (exact) mass is 249 g/mol. The Morgan fingerprint density at radius 2 is 2.44 bits per heavy atom. The summed E-state index contributed by atoms with van der Waals surface area (Å²) in [6.45, 7) is 3.75. The molecule has 0 aliphatic carbocycles. The molecule has 5 nitrogen and oxygen atoms in total. The van der Waals surface area contributed by atoms with E-state index in [9.17, 15) is 4.79 Å². The fourth-order valence-corrected chi connectivity index (χ4v) is 2.45. The van der Waals surface area contributed by atoms with Crippen LogP contribution in [-0.4, -0.2) is 37.2 Å². The van der Waals surface area contributed by atoms with Gasteiger partial charge in [0.2, 0.25) is 0 Å². The van der Waals surface area contributed by atoms with Crippen LogP contribution >= 0.6 is 0 Å². The quantitative estimate of drug-likeness (QED) is 0.811. The average molecular weight is 249 g/mol. The summed E-state index contributed by atoms with van der Waals surface area (Å²) in [5.74, 6) is 0.991. The van der Waals surface area contributed by atoms with Crippen LogP contribution in [0.25, 0.3) is 0 Å². The van der Waals surface area contributed by atoms with E-state index in [0.717, 1.165) is 18.8 Å². The maximum atomic E-state index is 11.5. The number of aromatic nitrogens is 1. The molecule has 2 unspecified atom stereocenters. The van der Waals surface area contributed by atoms with E-state index in [1.807, 2.05) is 0 Å². The number of rotatable bonds is 3. The summed E-state index contributed by atoms with van der Waals surface area (Å²) in [6, 6.07) is 3.84. The Bertz CT molecular complexity index is 436. The number of carbonyl (C=O) groups excluding carboxylic acids is 1. The zero-order chi connectivity index (χ0) is 13.1. The number of pyridine rings is 1. The average Bonchev–Trinajstić information content (AvgIpc) is 2.79. The van der Waals surface area contributed by atoms with Gasteiger partial charge in [-0.05, 0) is 37.9 Å². The molecule has 1 aromatic heterocycles. The standard InChI is InChI=1S/C13H19N3O2/c1-9-5-10(7-14)8-16(9)12-6-11(3-4-15-12)13(17)18-2/h3-4,6,9-10H,5,7-8,14H2,1-2H3. The highest BCUT2D eigenvalue weighted by atomic mass is 16.5. The minimum atomic E-state index is -0.333. The zero-order valence-corrected chi connectivity index (χ0v) is 10.8. The van der Waals surface area contributed by atoms with E-state index in [2.05, 4.69) is 16.8 Å². The highest BCUT2D eigenvalue weighted by Gasteiger charge is 2.29. The van der Waals surface area contributed by atoms with Crippen LogP contribution in [0.5, 0.6) is 0 Å². The maximum Gasteiger partial charge on any atom is 0.338 e. The summed E-state index contributed by atoms with van der Waals surface area (Å²) in [6.07, 6.45) is 2.71. The summed E-state index contributed by atoms with van der Waals surface area (Å²) in [7, 11) is 1.38. The molecule has 2 rings (SSSR count). The highest BCUT2D eigenvalue weighted by molar-refractivity contribution is 5.90. The van der Waals surface area contributed by atoms with Gasteiger partial charge in [-0.25, -0.2) is 9.78 Å². The van der Waals surface area contributed by atoms with Gasteiger partial charge in [-0.1, -0.05) is 0 Å². The Hall–Kier alpha value is -1.62. The van der Waals surface area contributed by atoms with Crippen LogP contribution < -0.4 is 10.6 Å². The molecule has 2 atom stereocenters. The summed E-state index contributed by atoms with van der Waals surface area (Å²) in [4.78, 5) is 18.0. The fourth-order valence-electron chi connectivity index (χ4n) is 2.45. The molecule has 2 N–H and O–H groups in total. The van der Waals surface area contributed by atoms with Crippen molar-refractivity contribution >= 4 is 11.8 Å². The topological polar surface area (TPSA) is 68.5 Å². The lowest BCUT2D eigenvalue weighted by molar-refractivity contribution is 0.0600. The van der Waals surface area contributed by atoms with Crippen molar-refractivity contribution in [2.24, 2.45) is 11.7 Å². The first-order chi connectivity index (χ1) is 8.65. The van der Waals surface area contributed by atoms with Gasteiger partial charge in [0, 0.05) is 18.8 Å². The maximum absolute atomic E-state index is 11.5. The zero-order valence-electron chi connectivity index (χ0n) is 10.8. The Labute approximate surface area is 107 Å². The molecule has 0 saturated carbocycles. The second kappa shape index (κ2) is 5.35. The number of ether oxygens (including phenoxy) is 1. The minimum absolute atomic E-state index is 0.333. The minimum Gasteiger partial charge on any atom is -0.465 e. The van der Waals surface area contributed by atoms with E-state index in [0.29, 0.717) is 24.1 Å². The third-order valence-corrected chi connectivity index (χ3v) is 3.46. The van der Waals surface area contributed by atoms with E-state index in [4.69, 9.17) is 10.5 Å². The summed E-state index contributed by atoms with van der Waals surface area (Å²) in [5.41, 5.74) is 6.25. The Balaban J connectivity index is 2.21. The van der Waals surface area contributed by atoms with Crippen molar-refractivity contribution in [3.8, 4) is 0 Å². The first-order valence-corrected chi connectivity index (χ1v) is 6.16. The molecule has 5 heteroatoms. The van der Waals surface area contributed by atoms with Crippen molar-refractivity contribution in [1.29, 1.82) is 0 Å². The van der Waals surface area contributed by atoms with Gasteiger partial charge in [-0.2, -0.15) is 0 Å². The van der Waals surface area contributed by atoms with Crippen LogP contribution in [-0.2, 0) is 4.74 Å². The molecule has 0 aromatic carbocycles. The SMILES string of the molecule is COC(=O)c1ccnc(N2CC(CN)CC2C)c1. The van der Waals surface area contributed by atoms with E-state index in [1.54, 1.807) is 18.3 Å². The predicted molar refractivity (Wildman–Crippen MR) is 69.5 cm³/mol. The summed E-state index contributed by atoms with van der Waals surface area (Å²) in [5, 5.41) is 0. The van der Waals surface area contributed by atoms with E-state index in [1.165, 1.54) is 7.11 Å². The molecule has 98 valence electrons. The lowest BCUT2D eigenvalue weighted by Crippen LogP contribution is -2.28. The van der Waals surface area contributed by atoms with E-state index >= 15 is 0 Å². The van der Waals surface area contributed by atoms with Crippen molar-refractivity contribution in [3.05, 3.63) is 23.9 Å². The van der Waals surface area contributed by atoms with Crippen LogP contribution in [0.3, 0.4) is 0 Å². The molecule has 1 aliphatic heterocycles. The first kappa shape index (κ1) is 12.8. The van der Waals surface area contributed by atoms with Crippen molar-refractivity contribution in [2.45, 2.75) is 19.4 Å². The molecule has 2 heterocycles. The predicted octanol–water partition coefficient (Wildman–Crippen LogP) is 1.04. The molecule has 0 spiro atoms. The van der Waals surface area contributed by atoms with Crippen molar-refractivity contribution in [1.82, 2.24) is 4.98 Å². The second-order valence-corrected chi connectivity index (χ2v) is 4.73. The molecule has 18 heavy (non-hydrogen) atoms. The molecule has 1 aliphatic rings. The molecule has 0 bridgehead atoms. The third-order valence-electron chi connectivity index (χ3n) is 3.46. The number of hydrogen-bond donors (Lipinski definition) is 1. The smallest absolute Gasteiger partial charge is 0.338 e. The van der Waals surface area contributed by atoms with Gasteiger partial charge in [-0.3, -0.25) is 0 Å². The number of hydrogen-bond acceptors (Lipinski definition) is 5. The van der Waals surface area contributed by atoms with Crippen molar-refractivity contribution in [3.63, 3.8) is 0 Å². The first-order valence-electron chi connectivity index (χ1n) is 6.16. The van der Waals surface area contributed by atoms with Crippen LogP contribution in [0.4, 0.5) is 5.82 Å². The molecular formula is C13H19N3O2. The Kier molecular flexibility index (Phi) is 3.81. The normalized spacial score (nSPS) is 23.2.